The fourth-order valence-corrected chi connectivity index (χ4v) is 5.42. The Hall–Kier alpha value is -2.35. The lowest BCUT2D eigenvalue weighted by Crippen LogP contribution is -2.49. The molecule has 0 spiro atoms. The second kappa shape index (κ2) is 9.20. The SMILES string of the molecule is CCOC(=O)C1CCCN(C(=O)C2CCCN(c3nc4ccc(OC)cc4s3)C2)C1. The molecule has 0 saturated carbocycles. The fraction of sp³-hybridized carbons (Fsp3) is 0.591. The number of carbonyl (C=O) groups is 2. The first kappa shape index (κ1) is 20.9. The summed E-state index contributed by atoms with van der Waals surface area (Å²) in [6.07, 6.45) is 3.50. The predicted molar refractivity (Wildman–Crippen MR) is 117 cm³/mol. The van der Waals surface area contributed by atoms with Crippen molar-refractivity contribution < 1.29 is 19.1 Å². The number of anilines is 1. The molecule has 2 saturated heterocycles. The molecule has 0 bridgehead atoms. The topological polar surface area (TPSA) is 72.0 Å². The van der Waals surface area contributed by atoms with E-state index in [0.717, 1.165) is 59.9 Å². The molecule has 3 heterocycles. The quantitative estimate of drug-likeness (QED) is 0.677. The summed E-state index contributed by atoms with van der Waals surface area (Å²) in [7, 11) is 1.66. The van der Waals surface area contributed by atoms with Crippen molar-refractivity contribution in [1.29, 1.82) is 0 Å². The molecule has 2 aliphatic heterocycles. The standard InChI is InChI=1S/C22H29N3O4S/c1-3-29-21(27)16-7-5-10-24(14-16)20(26)15-6-4-11-25(13-15)22-23-18-9-8-17(28-2)12-19(18)30-22/h8-9,12,15-16H,3-7,10-11,13-14H2,1-2H3. The Morgan fingerprint density at radius 1 is 1.17 bits per heavy atom. The fourth-order valence-electron chi connectivity index (χ4n) is 4.40. The summed E-state index contributed by atoms with van der Waals surface area (Å²) in [5.41, 5.74) is 0.956. The summed E-state index contributed by atoms with van der Waals surface area (Å²) in [5.74, 6) is 0.565. The van der Waals surface area contributed by atoms with Crippen LogP contribution in [0.5, 0.6) is 5.75 Å². The molecule has 2 unspecified atom stereocenters. The van der Waals surface area contributed by atoms with Crippen molar-refractivity contribution in [1.82, 2.24) is 9.88 Å². The van der Waals surface area contributed by atoms with E-state index in [4.69, 9.17) is 14.5 Å². The molecule has 1 amide bonds. The molecule has 8 heteroatoms. The van der Waals surface area contributed by atoms with E-state index in [1.807, 2.05) is 30.0 Å². The highest BCUT2D eigenvalue weighted by Crippen LogP contribution is 2.34. The van der Waals surface area contributed by atoms with Crippen LogP contribution in [0.4, 0.5) is 5.13 Å². The van der Waals surface area contributed by atoms with E-state index in [-0.39, 0.29) is 23.7 Å². The number of rotatable bonds is 5. The lowest BCUT2D eigenvalue weighted by Gasteiger charge is -2.37. The zero-order valence-corrected chi connectivity index (χ0v) is 18.5. The normalized spacial score (nSPS) is 22.2. The number of thiazole rings is 1. The van der Waals surface area contributed by atoms with Crippen molar-refractivity contribution >= 4 is 38.6 Å². The van der Waals surface area contributed by atoms with Crippen LogP contribution in [0.2, 0.25) is 0 Å². The van der Waals surface area contributed by atoms with Crippen LogP contribution in [0.15, 0.2) is 18.2 Å². The van der Waals surface area contributed by atoms with Crippen LogP contribution in [-0.4, -0.2) is 61.7 Å². The van der Waals surface area contributed by atoms with Gasteiger partial charge >= 0.3 is 5.97 Å². The van der Waals surface area contributed by atoms with Gasteiger partial charge in [-0.1, -0.05) is 11.3 Å². The van der Waals surface area contributed by atoms with E-state index in [1.54, 1.807) is 18.4 Å². The van der Waals surface area contributed by atoms with Gasteiger partial charge in [0.05, 0.1) is 35.8 Å². The molecule has 2 atom stereocenters. The highest BCUT2D eigenvalue weighted by Gasteiger charge is 2.35. The van der Waals surface area contributed by atoms with Crippen molar-refractivity contribution in [3.63, 3.8) is 0 Å². The van der Waals surface area contributed by atoms with Gasteiger partial charge in [-0.2, -0.15) is 0 Å². The Morgan fingerprint density at radius 3 is 2.77 bits per heavy atom. The van der Waals surface area contributed by atoms with Gasteiger partial charge in [0.25, 0.3) is 0 Å². The lowest BCUT2D eigenvalue weighted by atomic mass is 9.93. The smallest absolute Gasteiger partial charge is 0.310 e. The third-order valence-corrected chi connectivity index (χ3v) is 7.06. The van der Waals surface area contributed by atoms with E-state index in [1.165, 1.54) is 0 Å². The number of ether oxygens (including phenoxy) is 2. The maximum Gasteiger partial charge on any atom is 0.310 e. The van der Waals surface area contributed by atoms with Crippen molar-refractivity contribution in [2.45, 2.75) is 32.6 Å². The summed E-state index contributed by atoms with van der Waals surface area (Å²) in [6, 6.07) is 5.90. The van der Waals surface area contributed by atoms with E-state index >= 15 is 0 Å². The van der Waals surface area contributed by atoms with Gasteiger partial charge in [-0.15, -0.1) is 0 Å². The minimum absolute atomic E-state index is 0.0544. The average Bonchev–Trinajstić information content (AvgIpc) is 3.22. The Morgan fingerprint density at radius 2 is 1.97 bits per heavy atom. The maximum absolute atomic E-state index is 13.2. The van der Waals surface area contributed by atoms with E-state index in [2.05, 4.69) is 4.90 Å². The highest BCUT2D eigenvalue weighted by molar-refractivity contribution is 7.22. The van der Waals surface area contributed by atoms with Crippen molar-refractivity contribution in [2.24, 2.45) is 11.8 Å². The molecule has 0 N–H and O–H groups in total. The number of methoxy groups -OCH3 is 1. The molecule has 162 valence electrons. The molecule has 1 aromatic carbocycles. The largest absolute Gasteiger partial charge is 0.497 e. The van der Waals surface area contributed by atoms with Gasteiger partial charge in [0, 0.05) is 26.2 Å². The number of fused-ring (bicyclic) bond motifs is 1. The number of amides is 1. The van der Waals surface area contributed by atoms with Crippen LogP contribution in [-0.2, 0) is 14.3 Å². The van der Waals surface area contributed by atoms with Gasteiger partial charge in [-0.3, -0.25) is 9.59 Å². The number of aromatic nitrogens is 1. The van der Waals surface area contributed by atoms with Gasteiger partial charge in [0.15, 0.2) is 5.13 Å². The molecule has 0 radical (unpaired) electrons. The molecule has 1 aromatic heterocycles. The summed E-state index contributed by atoms with van der Waals surface area (Å²) < 4.78 is 11.6. The van der Waals surface area contributed by atoms with Crippen LogP contribution < -0.4 is 9.64 Å². The first-order valence-corrected chi connectivity index (χ1v) is 11.6. The second-order valence-electron chi connectivity index (χ2n) is 7.99. The Bertz CT molecular complexity index is 915. The number of nitrogens with zero attached hydrogens (tertiary/aromatic N) is 3. The van der Waals surface area contributed by atoms with Crippen LogP contribution in [0.25, 0.3) is 10.2 Å². The summed E-state index contributed by atoms with van der Waals surface area (Å²) in [6.45, 7) is 5.00. The minimum atomic E-state index is -0.193. The maximum atomic E-state index is 13.2. The molecule has 30 heavy (non-hydrogen) atoms. The summed E-state index contributed by atoms with van der Waals surface area (Å²) >= 11 is 1.64. The molecule has 2 aromatic rings. The van der Waals surface area contributed by atoms with Gasteiger partial charge in [-0.05, 0) is 50.8 Å². The number of hydrogen-bond donors (Lipinski definition) is 0. The zero-order valence-electron chi connectivity index (χ0n) is 17.6. The number of piperidine rings is 2. The second-order valence-corrected chi connectivity index (χ2v) is 9.00. The number of likely N-dealkylation sites (tertiary alicyclic amines) is 1. The predicted octanol–water partition coefficient (Wildman–Crippen LogP) is 3.32. The third-order valence-electron chi connectivity index (χ3n) is 5.98. The molecule has 4 rings (SSSR count). The third kappa shape index (κ3) is 4.38. The van der Waals surface area contributed by atoms with Crippen molar-refractivity contribution in [3.8, 4) is 5.75 Å². The summed E-state index contributed by atoms with van der Waals surface area (Å²) in [4.78, 5) is 34.2. The Balaban J connectivity index is 1.43. The van der Waals surface area contributed by atoms with E-state index in [9.17, 15) is 9.59 Å². The summed E-state index contributed by atoms with van der Waals surface area (Å²) in [5, 5.41) is 0.957. The van der Waals surface area contributed by atoms with Crippen molar-refractivity contribution in [3.05, 3.63) is 18.2 Å². The highest BCUT2D eigenvalue weighted by atomic mass is 32.1. The molecule has 0 aliphatic carbocycles. The zero-order chi connectivity index (χ0) is 21.1. The minimum Gasteiger partial charge on any atom is -0.497 e. The Kier molecular flexibility index (Phi) is 6.41. The van der Waals surface area contributed by atoms with Gasteiger partial charge in [0.2, 0.25) is 5.91 Å². The Labute approximate surface area is 181 Å². The number of hydrogen-bond acceptors (Lipinski definition) is 7. The van der Waals surface area contributed by atoms with Gasteiger partial charge < -0.3 is 19.3 Å². The van der Waals surface area contributed by atoms with Crippen molar-refractivity contribution in [2.75, 3.05) is 44.8 Å². The molecular formula is C22H29N3O4S. The molecule has 7 nitrogen and oxygen atoms in total. The first-order chi connectivity index (χ1) is 14.6. The number of esters is 1. The van der Waals surface area contributed by atoms with Crippen LogP contribution in [0.1, 0.15) is 32.6 Å². The lowest BCUT2D eigenvalue weighted by molar-refractivity contribution is -0.152. The number of carbonyl (C=O) groups excluding carboxylic acids is 2. The first-order valence-electron chi connectivity index (χ1n) is 10.7. The molecule has 2 fully saturated rings. The van der Waals surface area contributed by atoms with Gasteiger partial charge in [-0.25, -0.2) is 4.98 Å². The van der Waals surface area contributed by atoms with Crippen LogP contribution in [0.3, 0.4) is 0 Å². The van der Waals surface area contributed by atoms with Crippen LogP contribution in [0, 0.1) is 11.8 Å². The number of benzene rings is 1. The monoisotopic (exact) mass is 431 g/mol. The van der Waals surface area contributed by atoms with E-state index < -0.39 is 0 Å². The van der Waals surface area contributed by atoms with Gasteiger partial charge in [0.1, 0.15) is 5.75 Å². The molecule has 2 aliphatic rings. The van der Waals surface area contributed by atoms with E-state index in [0.29, 0.717) is 19.7 Å². The molecular weight excluding hydrogens is 402 g/mol. The van der Waals surface area contributed by atoms with Crippen LogP contribution >= 0.6 is 11.3 Å². The average molecular weight is 432 g/mol.